The number of nitrogens with zero attached hydrogens (tertiary/aromatic N) is 3. The summed E-state index contributed by atoms with van der Waals surface area (Å²) in [7, 11) is -3.64. The Balaban J connectivity index is 1.60. The number of pyridine rings is 1. The quantitative estimate of drug-likeness (QED) is 0.564. The molecule has 1 aromatic heterocycles. The lowest BCUT2D eigenvalue weighted by atomic mass is 10.1. The van der Waals surface area contributed by atoms with E-state index in [1.807, 2.05) is 39.0 Å². The first kappa shape index (κ1) is 23.0. The molecule has 0 saturated carbocycles. The molecule has 1 saturated heterocycles. The van der Waals surface area contributed by atoms with Gasteiger partial charge in [0.15, 0.2) is 0 Å². The molecule has 1 atom stereocenters. The Hall–Kier alpha value is -3.13. The minimum atomic E-state index is -3.64. The summed E-state index contributed by atoms with van der Waals surface area (Å²) < 4.78 is 31.5. The average molecular weight is 468 g/mol. The molecule has 1 aliphatic rings. The fourth-order valence-corrected chi connectivity index (χ4v) is 5.31. The van der Waals surface area contributed by atoms with E-state index in [4.69, 9.17) is 4.74 Å². The van der Waals surface area contributed by atoms with Gasteiger partial charge < -0.3 is 14.5 Å². The number of carbonyl (C=O) groups is 1. The Morgan fingerprint density at radius 2 is 1.76 bits per heavy atom. The van der Waals surface area contributed by atoms with Gasteiger partial charge in [-0.1, -0.05) is 30.3 Å². The van der Waals surface area contributed by atoms with Crippen molar-refractivity contribution in [1.82, 2.24) is 9.88 Å². The van der Waals surface area contributed by atoms with Gasteiger partial charge in [0.2, 0.25) is 9.84 Å². The number of aromatic nitrogens is 1. The van der Waals surface area contributed by atoms with E-state index in [-0.39, 0.29) is 21.9 Å². The third kappa shape index (κ3) is 4.80. The van der Waals surface area contributed by atoms with Crippen molar-refractivity contribution in [1.29, 1.82) is 0 Å². The fourth-order valence-electron chi connectivity index (χ4n) is 4.05. The van der Waals surface area contributed by atoms with Crippen LogP contribution in [0, 0.1) is 0 Å². The number of hydrogen-bond acceptors (Lipinski definition) is 6. The molecule has 1 unspecified atom stereocenters. The first-order chi connectivity index (χ1) is 15.6. The molecular weight excluding hydrogens is 438 g/mol. The van der Waals surface area contributed by atoms with Crippen molar-refractivity contribution < 1.29 is 17.9 Å². The zero-order valence-electron chi connectivity index (χ0n) is 19.4. The van der Waals surface area contributed by atoms with E-state index in [0.717, 1.165) is 16.6 Å². The van der Waals surface area contributed by atoms with Crippen molar-refractivity contribution in [3.63, 3.8) is 0 Å². The number of carbonyl (C=O) groups excluding carboxylic acids is 1. The Morgan fingerprint density at radius 1 is 1.03 bits per heavy atom. The Labute approximate surface area is 194 Å². The van der Waals surface area contributed by atoms with Gasteiger partial charge in [-0.05, 0) is 52.0 Å². The molecule has 1 fully saturated rings. The number of amides is 1. The molecule has 0 spiro atoms. The van der Waals surface area contributed by atoms with Crippen LogP contribution >= 0.6 is 0 Å². The summed E-state index contributed by atoms with van der Waals surface area (Å²) in [4.78, 5) is 21.4. The van der Waals surface area contributed by atoms with Gasteiger partial charge in [-0.15, -0.1) is 0 Å². The molecule has 8 heteroatoms. The topological polar surface area (TPSA) is 79.8 Å². The second kappa shape index (κ2) is 8.67. The third-order valence-corrected chi connectivity index (χ3v) is 7.35. The molecule has 0 bridgehead atoms. The number of rotatable bonds is 3. The highest BCUT2D eigenvalue weighted by Crippen LogP contribution is 2.31. The van der Waals surface area contributed by atoms with Crippen molar-refractivity contribution in [3.8, 4) is 0 Å². The number of hydrogen-bond donors (Lipinski definition) is 0. The largest absolute Gasteiger partial charge is 0.444 e. The van der Waals surface area contributed by atoms with Crippen molar-refractivity contribution >= 4 is 32.5 Å². The van der Waals surface area contributed by atoms with Gasteiger partial charge >= 0.3 is 6.09 Å². The summed E-state index contributed by atoms with van der Waals surface area (Å²) in [5, 5.41) is 0.756. The number of sulfone groups is 1. The summed E-state index contributed by atoms with van der Waals surface area (Å²) in [6.07, 6.45) is 1.12. The predicted octanol–water partition coefficient (Wildman–Crippen LogP) is 4.51. The lowest BCUT2D eigenvalue weighted by Crippen LogP contribution is -2.54. The minimum Gasteiger partial charge on any atom is -0.444 e. The Kier molecular flexibility index (Phi) is 6.05. The summed E-state index contributed by atoms with van der Waals surface area (Å²) in [6.45, 7) is 9.34. The highest BCUT2D eigenvalue weighted by molar-refractivity contribution is 7.91. The average Bonchev–Trinajstić information content (AvgIpc) is 2.78. The molecule has 0 N–H and O–H groups in total. The first-order valence-corrected chi connectivity index (χ1v) is 12.5. The maximum atomic E-state index is 13.0. The molecular formula is C25H29N3O4S. The Bertz CT molecular complexity index is 1270. The lowest BCUT2D eigenvalue weighted by molar-refractivity contribution is 0.0219. The van der Waals surface area contributed by atoms with Crippen molar-refractivity contribution in [2.75, 3.05) is 24.5 Å². The number of para-hydroxylation sites is 1. The fraction of sp³-hybridized carbons (Fsp3) is 0.360. The SMILES string of the molecule is CC1CN(C(=O)OC(C)(C)C)CCN1c1cccc2cc(S(=O)(=O)c3ccccc3)cnc12. The van der Waals surface area contributed by atoms with Crippen LogP contribution in [0.15, 0.2) is 70.6 Å². The van der Waals surface area contributed by atoms with Gasteiger partial charge in [-0.25, -0.2) is 13.2 Å². The van der Waals surface area contributed by atoms with Crippen molar-refractivity contribution in [3.05, 3.63) is 60.8 Å². The smallest absolute Gasteiger partial charge is 0.410 e. The van der Waals surface area contributed by atoms with E-state index in [9.17, 15) is 13.2 Å². The van der Waals surface area contributed by atoms with Gasteiger partial charge in [0.25, 0.3) is 0 Å². The first-order valence-electron chi connectivity index (χ1n) is 11.0. The highest BCUT2D eigenvalue weighted by Gasteiger charge is 2.31. The summed E-state index contributed by atoms with van der Waals surface area (Å²) in [6, 6.07) is 15.9. The van der Waals surface area contributed by atoms with Gasteiger partial charge in [-0.3, -0.25) is 4.98 Å². The van der Waals surface area contributed by atoms with Crippen LogP contribution < -0.4 is 4.90 Å². The molecule has 1 aliphatic heterocycles. The highest BCUT2D eigenvalue weighted by atomic mass is 32.2. The van der Waals surface area contributed by atoms with Crippen LogP contribution in [-0.2, 0) is 14.6 Å². The summed E-state index contributed by atoms with van der Waals surface area (Å²) >= 11 is 0. The van der Waals surface area contributed by atoms with E-state index in [2.05, 4.69) is 16.8 Å². The standard InChI is InChI=1S/C25H29N3O4S/c1-18-17-27(24(29)32-25(2,3)4)13-14-28(18)22-12-8-9-19-15-21(16-26-23(19)22)33(30,31)20-10-6-5-7-11-20/h5-12,15-16,18H,13-14,17H2,1-4H3. The zero-order chi connectivity index (χ0) is 23.8. The lowest BCUT2D eigenvalue weighted by Gasteiger charge is -2.41. The second-order valence-corrected chi connectivity index (χ2v) is 11.3. The van der Waals surface area contributed by atoms with Crippen LogP contribution in [0.5, 0.6) is 0 Å². The molecule has 0 radical (unpaired) electrons. The third-order valence-electron chi connectivity index (χ3n) is 5.62. The summed E-state index contributed by atoms with van der Waals surface area (Å²) in [5.74, 6) is 0. The molecule has 33 heavy (non-hydrogen) atoms. The molecule has 4 rings (SSSR count). The molecule has 7 nitrogen and oxygen atoms in total. The molecule has 174 valence electrons. The molecule has 1 amide bonds. The van der Waals surface area contributed by atoms with Crippen LogP contribution in [0.3, 0.4) is 0 Å². The van der Waals surface area contributed by atoms with E-state index in [0.29, 0.717) is 19.6 Å². The van der Waals surface area contributed by atoms with Crippen LogP contribution in [0.4, 0.5) is 10.5 Å². The van der Waals surface area contributed by atoms with E-state index >= 15 is 0 Å². The molecule has 2 aromatic carbocycles. The summed E-state index contributed by atoms with van der Waals surface area (Å²) in [5.41, 5.74) is 1.13. The number of anilines is 1. The maximum absolute atomic E-state index is 13.0. The number of ether oxygens (including phenoxy) is 1. The van der Waals surface area contributed by atoms with Crippen LogP contribution in [-0.4, -0.2) is 55.7 Å². The van der Waals surface area contributed by atoms with Gasteiger partial charge in [0.05, 0.1) is 21.0 Å². The maximum Gasteiger partial charge on any atom is 0.410 e. The van der Waals surface area contributed by atoms with Gasteiger partial charge in [-0.2, -0.15) is 0 Å². The number of benzene rings is 2. The number of fused-ring (bicyclic) bond motifs is 1. The van der Waals surface area contributed by atoms with E-state index in [1.165, 1.54) is 6.20 Å². The van der Waals surface area contributed by atoms with Crippen molar-refractivity contribution in [2.24, 2.45) is 0 Å². The normalized spacial score (nSPS) is 17.3. The van der Waals surface area contributed by atoms with Gasteiger partial charge in [0, 0.05) is 37.3 Å². The molecule has 0 aliphatic carbocycles. The van der Waals surface area contributed by atoms with Crippen LogP contribution in [0.1, 0.15) is 27.7 Å². The van der Waals surface area contributed by atoms with Crippen LogP contribution in [0.25, 0.3) is 10.9 Å². The van der Waals surface area contributed by atoms with Gasteiger partial charge in [0.1, 0.15) is 5.60 Å². The van der Waals surface area contributed by atoms with E-state index < -0.39 is 15.4 Å². The van der Waals surface area contributed by atoms with Crippen molar-refractivity contribution in [2.45, 2.75) is 49.1 Å². The molecule has 2 heterocycles. The molecule has 3 aromatic rings. The predicted molar refractivity (Wildman–Crippen MR) is 128 cm³/mol. The number of piperazine rings is 1. The zero-order valence-corrected chi connectivity index (χ0v) is 20.2. The second-order valence-electron chi connectivity index (χ2n) is 9.31. The monoisotopic (exact) mass is 467 g/mol. The van der Waals surface area contributed by atoms with Crippen LogP contribution in [0.2, 0.25) is 0 Å². The van der Waals surface area contributed by atoms with E-state index in [1.54, 1.807) is 41.3 Å². The Morgan fingerprint density at radius 3 is 2.42 bits per heavy atom. The minimum absolute atomic E-state index is 0.0476.